The average molecular weight is 260 g/mol. The summed E-state index contributed by atoms with van der Waals surface area (Å²) >= 11 is 0. The number of hydrogen-bond donors (Lipinski definition) is 2. The second kappa shape index (κ2) is 5.10. The molecule has 0 atom stereocenters. The fraction of sp³-hybridized carbons (Fsp3) is 0. The van der Waals surface area contributed by atoms with E-state index in [0.717, 1.165) is 33.6 Å². The normalized spacial score (nSPS) is 10.4. The first-order valence-corrected chi connectivity index (χ1v) is 6.55. The lowest BCUT2D eigenvalue weighted by Crippen LogP contribution is -1.92. The van der Waals surface area contributed by atoms with Crippen LogP contribution in [-0.4, -0.2) is 0 Å². The zero-order chi connectivity index (χ0) is 13.9. The van der Waals surface area contributed by atoms with Gasteiger partial charge in [0.05, 0.1) is 0 Å². The van der Waals surface area contributed by atoms with Crippen molar-refractivity contribution in [2.24, 2.45) is 0 Å². The lowest BCUT2D eigenvalue weighted by molar-refractivity contribution is 1.57. The molecule has 98 valence electrons. The van der Waals surface area contributed by atoms with Gasteiger partial charge in [0.1, 0.15) is 0 Å². The Morgan fingerprint density at radius 1 is 0.550 bits per heavy atom. The van der Waals surface area contributed by atoms with Crippen molar-refractivity contribution in [2.75, 3.05) is 11.5 Å². The molecule has 0 fully saturated rings. The summed E-state index contributed by atoms with van der Waals surface area (Å²) in [5.41, 5.74) is 17.9. The number of hydrogen-bond acceptors (Lipinski definition) is 2. The summed E-state index contributed by atoms with van der Waals surface area (Å²) in [5, 5.41) is 0. The van der Waals surface area contributed by atoms with E-state index in [-0.39, 0.29) is 0 Å². The van der Waals surface area contributed by atoms with Gasteiger partial charge in [-0.05, 0) is 34.9 Å². The monoisotopic (exact) mass is 260 g/mol. The Bertz CT molecular complexity index is 748. The molecule has 0 heterocycles. The van der Waals surface area contributed by atoms with Crippen LogP contribution in [0.4, 0.5) is 11.4 Å². The average Bonchev–Trinajstić information content (AvgIpc) is 2.48. The van der Waals surface area contributed by atoms with Crippen molar-refractivity contribution >= 4 is 11.4 Å². The first kappa shape index (κ1) is 12.3. The Hall–Kier alpha value is -2.74. The molecule has 0 bridgehead atoms. The quantitative estimate of drug-likeness (QED) is 0.679. The Morgan fingerprint density at radius 2 is 1.20 bits per heavy atom. The highest BCUT2D eigenvalue weighted by atomic mass is 14.6. The standard InChI is InChI=1S/C18H16N2/c19-14-7-5-6-13(12-14)15-8-1-2-9-16(15)17-10-3-4-11-18(17)20/h1-12H,19-20H2. The minimum absolute atomic E-state index is 0.762. The van der Waals surface area contributed by atoms with Crippen molar-refractivity contribution < 1.29 is 0 Å². The molecular weight excluding hydrogens is 244 g/mol. The van der Waals surface area contributed by atoms with Gasteiger partial charge in [0.15, 0.2) is 0 Å². The lowest BCUT2D eigenvalue weighted by Gasteiger charge is -2.12. The van der Waals surface area contributed by atoms with Crippen LogP contribution in [0.3, 0.4) is 0 Å². The van der Waals surface area contributed by atoms with Gasteiger partial charge in [-0.3, -0.25) is 0 Å². The summed E-state index contributed by atoms with van der Waals surface area (Å²) in [6.45, 7) is 0. The fourth-order valence-electron chi connectivity index (χ4n) is 2.42. The number of nitrogen functional groups attached to an aromatic ring is 2. The predicted octanol–water partition coefficient (Wildman–Crippen LogP) is 4.19. The van der Waals surface area contributed by atoms with Gasteiger partial charge in [-0.1, -0.05) is 54.6 Å². The Balaban J connectivity index is 2.22. The van der Waals surface area contributed by atoms with Crippen LogP contribution in [0.25, 0.3) is 22.3 Å². The smallest absolute Gasteiger partial charge is 0.0393 e. The Morgan fingerprint density at radius 3 is 1.90 bits per heavy atom. The fourth-order valence-corrected chi connectivity index (χ4v) is 2.42. The van der Waals surface area contributed by atoms with E-state index < -0.39 is 0 Å². The summed E-state index contributed by atoms with van der Waals surface area (Å²) in [5.74, 6) is 0. The molecule has 3 rings (SSSR count). The van der Waals surface area contributed by atoms with Gasteiger partial charge in [-0.2, -0.15) is 0 Å². The molecule has 4 N–H and O–H groups in total. The van der Waals surface area contributed by atoms with E-state index in [0.29, 0.717) is 0 Å². The van der Waals surface area contributed by atoms with Crippen LogP contribution in [0.15, 0.2) is 72.8 Å². The highest BCUT2D eigenvalue weighted by Gasteiger charge is 2.09. The largest absolute Gasteiger partial charge is 0.399 e. The van der Waals surface area contributed by atoms with E-state index in [1.54, 1.807) is 0 Å². The van der Waals surface area contributed by atoms with Gasteiger partial charge in [0, 0.05) is 16.9 Å². The van der Waals surface area contributed by atoms with Crippen LogP contribution >= 0.6 is 0 Å². The van der Waals surface area contributed by atoms with E-state index in [2.05, 4.69) is 18.2 Å². The maximum atomic E-state index is 6.10. The van der Waals surface area contributed by atoms with E-state index in [1.165, 1.54) is 0 Å². The number of nitrogens with two attached hydrogens (primary N) is 2. The van der Waals surface area contributed by atoms with Gasteiger partial charge in [-0.15, -0.1) is 0 Å². The van der Waals surface area contributed by atoms with Crippen LogP contribution in [0, 0.1) is 0 Å². The predicted molar refractivity (Wildman–Crippen MR) is 86.1 cm³/mol. The number of anilines is 2. The topological polar surface area (TPSA) is 52.0 Å². The van der Waals surface area contributed by atoms with Gasteiger partial charge in [-0.25, -0.2) is 0 Å². The molecule has 3 aromatic carbocycles. The third-order valence-electron chi connectivity index (χ3n) is 3.38. The molecule has 0 aliphatic heterocycles. The minimum atomic E-state index is 0.762. The molecule has 0 spiro atoms. The third-order valence-corrected chi connectivity index (χ3v) is 3.38. The molecule has 0 saturated carbocycles. The molecule has 0 aromatic heterocycles. The van der Waals surface area contributed by atoms with Gasteiger partial charge < -0.3 is 11.5 Å². The van der Waals surface area contributed by atoms with E-state index >= 15 is 0 Å². The molecule has 0 aliphatic carbocycles. The summed E-state index contributed by atoms with van der Waals surface area (Å²) in [6, 6.07) is 24.1. The first-order chi connectivity index (χ1) is 9.75. The molecule has 3 aromatic rings. The maximum absolute atomic E-state index is 6.10. The van der Waals surface area contributed by atoms with Crippen molar-refractivity contribution in [3.8, 4) is 22.3 Å². The first-order valence-electron chi connectivity index (χ1n) is 6.55. The molecular formula is C18H16N2. The molecule has 20 heavy (non-hydrogen) atoms. The summed E-state index contributed by atoms with van der Waals surface area (Å²) in [7, 11) is 0. The summed E-state index contributed by atoms with van der Waals surface area (Å²) in [6.07, 6.45) is 0. The molecule has 0 unspecified atom stereocenters. The Kier molecular flexibility index (Phi) is 3.13. The van der Waals surface area contributed by atoms with Gasteiger partial charge >= 0.3 is 0 Å². The van der Waals surface area contributed by atoms with Crippen molar-refractivity contribution in [3.05, 3.63) is 72.8 Å². The Labute approximate surface area is 118 Å². The van der Waals surface area contributed by atoms with Crippen molar-refractivity contribution in [1.82, 2.24) is 0 Å². The van der Waals surface area contributed by atoms with Gasteiger partial charge in [0.2, 0.25) is 0 Å². The van der Waals surface area contributed by atoms with Crippen LogP contribution < -0.4 is 11.5 Å². The number of rotatable bonds is 2. The number of para-hydroxylation sites is 1. The van der Waals surface area contributed by atoms with Crippen molar-refractivity contribution in [3.63, 3.8) is 0 Å². The zero-order valence-electron chi connectivity index (χ0n) is 11.1. The van der Waals surface area contributed by atoms with Crippen molar-refractivity contribution in [1.29, 1.82) is 0 Å². The van der Waals surface area contributed by atoms with Crippen LogP contribution in [0.1, 0.15) is 0 Å². The van der Waals surface area contributed by atoms with E-state index in [4.69, 9.17) is 11.5 Å². The van der Waals surface area contributed by atoms with Crippen LogP contribution in [0.5, 0.6) is 0 Å². The summed E-state index contributed by atoms with van der Waals surface area (Å²) < 4.78 is 0. The van der Waals surface area contributed by atoms with Crippen LogP contribution in [0.2, 0.25) is 0 Å². The lowest BCUT2D eigenvalue weighted by atomic mass is 9.93. The highest BCUT2D eigenvalue weighted by molar-refractivity contribution is 5.89. The van der Waals surface area contributed by atoms with Crippen molar-refractivity contribution in [2.45, 2.75) is 0 Å². The molecule has 0 amide bonds. The second-order valence-corrected chi connectivity index (χ2v) is 4.76. The van der Waals surface area contributed by atoms with Gasteiger partial charge in [0.25, 0.3) is 0 Å². The molecule has 2 nitrogen and oxygen atoms in total. The third kappa shape index (κ3) is 2.24. The summed E-state index contributed by atoms with van der Waals surface area (Å²) in [4.78, 5) is 0. The number of benzene rings is 3. The maximum Gasteiger partial charge on any atom is 0.0393 e. The second-order valence-electron chi connectivity index (χ2n) is 4.76. The molecule has 0 radical (unpaired) electrons. The minimum Gasteiger partial charge on any atom is -0.399 e. The van der Waals surface area contributed by atoms with Crippen LogP contribution in [-0.2, 0) is 0 Å². The van der Waals surface area contributed by atoms with E-state index in [9.17, 15) is 0 Å². The zero-order valence-corrected chi connectivity index (χ0v) is 11.1. The highest BCUT2D eigenvalue weighted by Crippen LogP contribution is 2.35. The molecule has 0 saturated heterocycles. The molecule has 0 aliphatic rings. The SMILES string of the molecule is Nc1cccc(-c2ccccc2-c2ccccc2N)c1. The molecule has 2 heteroatoms. The van der Waals surface area contributed by atoms with E-state index in [1.807, 2.05) is 54.6 Å².